The van der Waals surface area contributed by atoms with E-state index in [9.17, 15) is 4.79 Å². The number of hydrogen-bond donors (Lipinski definition) is 1. The maximum absolute atomic E-state index is 11.4. The van der Waals surface area contributed by atoms with E-state index in [1.54, 1.807) is 12.1 Å². The van der Waals surface area contributed by atoms with Gasteiger partial charge in [0.25, 0.3) is 0 Å². The zero-order valence-electron chi connectivity index (χ0n) is 16.7. The van der Waals surface area contributed by atoms with Gasteiger partial charge in [-0.25, -0.2) is 0 Å². The topological polar surface area (TPSA) is 71.3 Å². The van der Waals surface area contributed by atoms with Crippen molar-refractivity contribution in [2.24, 2.45) is 0 Å². The first kappa shape index (κ1) is 19.5. The van der Waals surface area contributed by atoms with Gasteiger partial charge in [-0.15, -0.1) is 0 Å². The van der Waals surface area contributed by atoms with E-state index < -0.39 is 0 Å². The van der Waals surface area contributed by atoms with Gasteiger partial charge in [0.2, 0.25) is 5.91 Å². The lowest BCUT2D eigenvalue weighted by Gasteiger charge is -2.16. The molecule has 5 nitrogen and oxygen atoms in total. The first-order valence-electron chi connectivity index (χ1n) is 10.2. The number of benzene rings is 3. The van der Waals surface area contributed by atoms with Gasteiger partial charge in [-0.2, -0.15) is 5.26 Å². The summed E-state index contributed by atoms with van der Waals surface area (Å²) in [6.07, 6.45) is 2.27. The number of nitrogens with one attached hydrogen (secondary N) is 1. The Morgan fingerprint density at radius 1 is 1.00 bits per heavy atom. The van der Waals surface area contributed by atoms with Crippen molar-refractivity contribution in [1.82, 2.24) is 4.72 Å². The van der Waals surface area contributed by atoms with E-state index in [2.05, 4.69) is 16.9 Å². The molecule has 0 radical (unpaired) electrons. The number of amides is 1. The quantitative estimate of drug-likeness (QED) is 0.534. The molecule has 0 bridgehead atoms. The number of carbonyl (C=O) groups excluding carboxylic acids is 1. The highest BCUT2D eigenvalue weighted by molar-refractivity contribution is 7.98. The van der Waals surface area contributed by atoms with Gasteiger partial charge in [0.1, 0.15) is 23.4 Å². The number of hydrogen-bond acceptors (Lipinski definition) is 5. The first-order chi connectivity index (χ1) is 15.2. The van der Waals surface area contributed by atoms with Crippen molar-refractivity contribution < 1.29 is 14.3 Å². The molecule has 1 N–H and O–H groups in total. The van der Waals surface area contributed by atoms with E-state index in [1.165, 1.54) is 17.5 Å². The third kappa shape index (κ3) is 4.10. The number of ether oxygens (including phenoxy) is 2. The molecule has 0 saturated carbocycles. The zero-order chi connectivity index (χ0) is 21.2. The van der Waals surface area contributed by atoms with E-state index in [4.69, 9.17) is 14.7 Å². The van der Waals surface area contributed by atoms with Crippen LogP contribution in [0.15, 0.2) is 66.7 Å². The van der Waals surface area contributed by atoms with Crippen LogP contribution >= 0.6 is 11.9 Å². The maximum atomic E-state index is 11.4. The largest absolute Gasteiger partial charge is 0.486 e. The van der Waals surface area contributed by atoms with Crippen molar-refractivity contribution in [3.05, 3.63) is 89.0 Å². The molecule has 1 saturated heterocycles. The molecule has 1 aliphatic heterocycles. The molecule has 2 atom stereocenters. The minimum Gasteiger partial charge on any atom is -0.486 e. The van der Waals surface area contributed by atoms with Gasteiger partial charge in [0, 0.05) is 12.0 Å². The van der Waals surface area contributed by atoms with E-state index in [-0.39, 0.29) is 17.3 Å². The lowest BCUT2D eigenvalue weighted by Crippen LogP contribution is -2.05. The second-order valence-corrected chi connectivity index (χ2v) is 8.62. The highest BCUT2D eigenvalue weighted by atomic mass is 32.2. The Bertz CT molecular complexity index is 1150. The molecule has 3 aromatic rings. The Morgan fingerprint density at radius 2 is 1.77 bits per heavy atom. The van der Waals surface area contributed by atoms with E-state index in [0.29, 0.717) is 17.7 Å². The molecule has 1 fully saturated rings. The third-order valence-electron chi connectivity index (χ3n) is 5.60. The number of rotatable bonds is 5. The van der Waals surface area contributed by atoms with Crippen molar-refractivity contribution in [1.29, 1.82) is 5.26 Å². The van der Waals surface area contributed by atoms with Crippen molar-refractivity contribution in [2.45, 2.75) is 30.6 Å². The summed E-state index contributed by atoms with van der Waals surface area (Å²) in [6.45, 7) is 0. The highest BCUT2D eigenvalue weighted by Crippen LogP contribution is 2.41. The Balaban J connectivity index is 1.30. The molecule has 5 rings (SSSR count). The molecule has 3 aromatic carbocycles. The minimum atomic E-state index is -0.0190. The number of fused-ring (bicyclic) bond motifs is 1. The predicted octanol–water partition coefficient (Wildman–Crippen LogP) is 5.63. The smallest absolute Gasteiger partial charge is 0.231 e. The van der Waals surface area contributed by atoms with Crippen LogP contribution < -0.4 is 14.2 Å². The monoisotopic (exact) mass is 428 g/mol. The summed E-state index contributed by atoms with van der Waals surface area (Å²) in [5, 5.41) is 9.12. The van der Waals surface area contributed by atoms with E-state index in [0.717, 1.165) is 35.5 Å². The Labute approximate surface area is 185 Å². The van der Waals surface area contributed by atoms with E-state index >= 15 is 0 Å². The normalized spacial score (nSPS) is 19.4. The fourth-order valence-electron chi connectivity index (χ4n) is 4.03. The first-order valence-corrected chi connectivity index (χ1v) is 11.1. The fourth-order valence-corrected chi connectivity index (χ4v) is 4.91. The lowest BCUT2D eigenvalue weighted by molar-refractivity contribution is -0.118. The predicted molar refractivity (Wildman–Crippen MR) is 119 cm³/mol. The average Bonchev–Trinajstić information content (AvgIpc) is 3.42. The van der Waals surface area contributed by atoms with Crippen LogP contribution in [0.4, 0.5) is 0 Å². The Hall–Kier alpha value is -3.43. The summed E-state index contributed by atoms with van der Waals surface area (Å²) < 4.78 is 15.2. The van der Waals surface area contributed by atoms with Crippen LogP contribution in [0.25, 0.3) is 0 Å². The standard InChI is InChI=1S/C25H20N2O3S/c26-15-16-4-8-18(9-5-16)29-22-3-1-2-20-21(22)12-13-23(20)30-19-10-6-17(7-11-19)24-14-25(28)27-31-24/h1-11,23-24H,12-14H2,(H,27,28)/t23-,24?/m1/s1. The van der Waals surface area contributed by atoms with Gasteiger partial charge in [-0.05, 0) is 78.4 Å². The van der Waals surface area contributed by atoms with Gasteiger partial charge < -0.3 is 9.47 Å². The number of carbonyl (C=O) groups is 1. The molecule has 154 valence electrons. The van der Waals surface area contributed by atoms with Crippen LogP contribution in [0.1, 0.15) is 46.4 Å². The Kier molecular flexibility index (Phi) is 5.27. The fraction of sp³-hybridized carbons (Fsp3) is 0.200. The van der Waals surface area contributed by atoms with Crippen molar-refractivity contribution in [2.75, 3.05) is 0 Å². The molecular formula is C25H20N2O3S. The van der Waals surface area contributed by atoms with Crippen LogP contribution in [-0.2, 0) is 11.2 Å². The highest BCUT2D eigenvalue weighted by Gasteiger charge is 2.28. The molecule has 0 spiro atoms. The van der Waals surface area contributed by atoms with Gasteiger partial charge in [-0.3, -0.25) is 9.52 Å². The third-order valence-corrected chi connectivity index (χ3v) is 6.67. The number of nitrogens with zero attached hydrogens (tertiary/aromatic N) is 1. The van der Waals surface area contributed by atoms with Crippen LogP contribution in [0.3, 0.4) is 0 Å². The van der Waals surface area contributed by atoms with Crippen molar-refractivity contribution in [3.8, 4) is 23.3 Å². The second-order valence-electron chi connectivity index (χ2n) is 7.61. The number of nitriles is 1. The van der Waals surface area contributed by atoms with Crippen LogP contribution in [-0.4, -0.2) is 5.91 Å². The molecule has 31 heavy (non-hydrogen) atoms. The van der Waals surface area contributed by atoms with E-state index in [1.807, 2.05) is 48.5 Å². The molecule has 1 heterocycles. The van der Waals surface area contributed by atoms with Crippen molar-refractivity contribution >= 4 is 17.9 Å². The average molecular weight is 429 g/mol. The summed E-state index contributed by atoms with van der Waals surface area (Å²) in [4.78, 5) is 11.4. The minimum absolute atomic E-state index is 0.0190. The SMILES string of the molecule is N#Cc1ccc(Oc2cccc3c2CC[C@H]3Oc2ccc(C3CC(=O)NS3)cc2)cc1. The van der Waals surface area contributed by atoms with Crippen LogP contribution in [0.2, 0.25) is 0 Å². The second kappa shape index (κ2) is 8.37. The summed E-state index contributed by atoms with van der Waals surface area (Å²) >= 11 is 1.47. The molecule has 2 aliphatic rings. The lowest BCUT2D eigenvalue weighted by atomic mass is 10.1. The van der Waals surface area contributed by atoms with Crippen LogP contribution in [0, 0.1) is 11.3 Å². The molecule has 1 aliphatic carbocycles. The zero-order valence-corrected chi connectivity index (χ0v) is 17.5. The molecule has 1 unspecified atom stereocenters. The molecular weight excluding hydrogens is 408 g/mol. The van der Waals surface area contributed by atoms with Crippen LogP contribution in [0.5, 0.6) is 17.2 Å². The van der Waals surface area contributed by atoms with Gasteiger partial charge >= 0.3 is 0 Å². The summed E-state index contributed by atoms with van der Waals surface area (Å²) in [5.41, 5.74) is 4.05. The Morgan fingerprint density at radius 3 is 2.48 bits per heavy atom. The van der Waals surface area contributed by atoms with Crippen molar-refractivity contribution in [3.63, 3.8) is 0 Å². The molecule has 1 amide bonds. The summed E-state index contributed by atoms with van der Waals surface area (Å²) in [6, 6.07) is 23.3. The van der Waals surface area contributed by atoms with Gasteiger partial charge in [-0.1, -0.05) is 24.3 Å². The summed E-state index contributed by atoms with van der Waals surface area (Å²) in [5.74, 6) is 2.45. The van der Waals surface area contributed by atoms with Gasteiger partial charge in [0.15, 0.2) is 0 Å². The maximum Gasteiger partial charge on any atom is 0.231 e. The molecule has 6 heteroatoms. The van der Waals surface area contributed by atoms with Gasteiger partial charge in [0.05, 0.1) is 16.9 Å². The molecule has 0 aromatic heterocycles. The summed E-state index contributed by atoms with van der Waals surface area (Å²) in [7, 11) is 0.